The summed E-state index contributed by atoms with van der Waals surface area (Å²) in [6, 6.07) is 22.7. The number of amides is 2. The molecule has 4 heteroatoms. The SMILES string of the molecule is Cc1cc(C)c(NC(=O)N(Cc2ccc(-c3ccccc3C#N)cc2)C2CCCCCC2)c(C)c1. The van der Waals surface area contributed by atoms with E-state index in [2.05, 4.69) is 68.6 Å². The summed E-state index contributed by atoms with van der Waals surface area (Å²) < 4.78 is 0. The van der Waals surface area contributed by atoms with Gasteiger partial charge >= 0.3 is 6.03 Å². The van der Waals surface area contributed by atoms with Gasteiger partial charge < -0.3 is 10.2 Å². The van der Waals surface area contributed by atoms with E-state index in [1.165, 1.54) is 31.2 Å². The van der Waals surface area contributed by atoms with Gasteiger partial charge in [0.1, 0.15) is 0 Å². The van der Waals surface area contributed by atoms with Crippen LogP contribution in [-0.2, 0) is 6.54 Å². The van der Waals surface area contributed by atoms with E-state index >= 15 is 0 Å². The summed E-state index contributed by atoms with van der Waals surface area (Å²) in [5, 5.41) is 12.7. The third kappa shape index (κ3) is 5.92. The summed E-state index contributed by atoms with van der Waals surface area (Å²) in [5.41, 5.74) is 8.03. The Morgan fingerprint density at radius 3 is 2.20 bits per heavy atom. The van der Waals surface area contributed by atoms with Crippen molar-refractivity contribution in [3.05, 3.63) is 88.5 Å². The van der Waals surface area contributed by atoms with Gasteiger partial charge in [-0.25, -0.2) is 4.79 Å². The lowest BCUT2D eigenvalue weighted by Crippen LogP contribution is -2.42. The Balaban J connectivity index is 1.58. The van der Waals surface area contributed by atoms with Crippen LogP contribution in [0.1, 0.15) is 66.3 Å². The standard InChI is InChI=1S/C31H35N3O/c1-22-18-23(2)30(24(3)19-22)33-31(35)34(28-11-6-4-5-7-12-28)21-25-14-16-26(17-15-25)29-13-9-8-10-27(29)20-32/h8-10,13-19,28H,4-7,11-12,21H2,1-3H3,(H,33,35). The second-order valence-corrected chi connectivity index (χ2v) is 9.83. The van der Waals surface area contributed by atoms with E-state index in [4.69, 9.17) is 0 Å². The maximum Gasteiger partial charge on any atom is 0.322 e. The van der Waals surface area contributed by atoms with Crippen LogP contribution in [-0.4, -0.2) is 17.0 Å². The third-order valence-corrected chi connectivity index (χ3v) is 7.10. The molecule has 1 fully saturated rings. The van der Waals surface area contributed by atoms with E-state index in [1.54, 1.807) is 0 Å². The van der Waals surface area contributed by atoms with Crippen LogP contribution in [0.15, 0.2) is 60.7 Å². The number of benzene rings is 3. The molecule has 3 aromatic rings. The quantitative estimate of drug-likeness (QED) is 0.389. The molecule has 0 aromatic heterocycles. The van der Waals surface area contributed by atoms with Crippen molar-refractivity contribution in [2.45, 2.75) is 71.9 Å². The lowest BCUT2D eigenvalue weighted by molar-refractivity contribution is 0.175. The van der Waals surface area contributed by atoms with E-state index in [0.29, 0.717) is 12.1 Å². The number of carbonyl (C=O) groups excluding carboxylic acids is 1. The Kier molecular flexibility index (Phi) is 7.87. The smallest absolute Gasteiger partial charge is 0.317 e. The van der Waals surface area contributed by atoms with Crippen molar-refractivity contribution in [1.29, 1.82) is 5.26 Å². The second-order valence-electron chi connectivity index (χ2n) is 9.83. The zero-order valence-corrected chi connectivity index (χ0v) is 21.1. The molecule has 0 bridgehead atoms. The molecule has 0 atom stereocenters. The molecule has 0 aliphatic heterocycles. The summed E-state index contributed by atoms with van der Waals surface area (Å²) in [4.78, 5) is 15.7. The first-order chi connectivity index (χ1) is 17.0. The Labute approximate surface area is 209 Å². The summed E-state index contributed by atoms with van der Waals surface area (Å²) in [6.07, 6.45) is 6.92. The highest BCUT2D eigenvalue weighted by Gasteiger charge is 2.26. The highest BCUT2D eigenvalue weighted by molar-refractivity contribution is 5.91. The van der Waals surface area contributed by atoms with Gasteiger partial charge in [0.2, 0.25) is 0 Å². The van der Waals surface area contributed by atoms with Crippen LogP contribution >= 0.6 is 0 Å². The first kappa shape index (κ1) is 24.5. The predicted molar refractivity (Wildman–Crippen MR) is 143 cm³/mol. The topological polar surface area (TPSA) is 56.1 Å². The van der Waals surface area contributed by atoms with Gasteiger partial charge in [-0.05, 0) is 67.5 Å². The van der Waals surface area contributed by atoms with Crippen molar-refractivity contribution in [3.8, 4) is 17.2 Å². The molecule has 35 heavy (non-hydrogen) atoms. The second kappa shape index (κ2) is 11.2. The van der Waals surface area contributed by atoms with Crippen LogP contribution in [0.5, 0.6) is 0 Å². The maximum absolute atomic E-state index is 13.7. The van der Waals surface area contributed by atoms with E-state index in [0.717, 1.165) is 46.3 Å². The van der Waals surface area contributed by atoms with Crippen molar-refractivity contribution in [1.82, 2.24) is 4.90 Å². The average molecular weight is 466 g/mol. The van der Waals surface area contributed by atoms with E-state index in [9.17, 15) is 10.1 Å². The fourth-order valence-corrected chi connectivity index (χ4v) is 5.31. The molecular weight excluding hydrogens is 430 g/mol. The molecule has 0 spiro atoms. The number of urea groups is 1. The van der Waals surface area contributed by atoms with Crippen molar-refractivity contribution in [2.75, 3.05) is 5.32 Å². The highest BCUT2D eigenvalue weighted by atomic mass is 16.2. The number of hydrogen-bond acceptors (Lipinski definition) is 2. The molecular formula is C31H35N3O. The molecule has 0 unspecified atom stereocenters. The van der Waals surface area contributed by atoms with Gasteiger partial charge in [0.25, 0.3) is 0 Å². The molecule has 0 saturated heterocycles. The Morgan fingerprint density at radius 1 is 0.943 bits per heavy atom. The van der Waals surface area contributed by atoms with Gasteiger partial charge in [0, 0.05) is 18.3 Å². The van der Waals surface area contributed by atoms with Crippen molar-refractivity contribution in [2.24, 2.45) is 0 Å². The summed E-state index contributed by atoms with van der Waals surface area (Å²) in [6.45, 7) is 6.77. The molecule has 1 aliphatic rings. The number of anilines is 1. The van der Waals surface area contributed by atoms with Gasteiger partial charge in [-0.1, -0.05) is 85.8 Å². The molecule has 0 radical (unpaired) electrons. The molecule has 1 N–H and O–H groups in total. The van der Waals surface area contributed by atoms with Gasteiger partial charge in [-0.3, -0.25) is 0 Å². The van der Waals surface area contributed by atoms with Gasteiger partial charge in [0.15, 0.2) is 0 Å². The summed E-state index contributed by atoms with van der Waals surface area (Å²) in [7, 11) is 0. The van der Waals surface area contributed by atoms with Crippen LogP contribution in [0.25, 0.3) is 11.1 Å². The van der Waals surface area contributed by atoms with Crippen LogP contribution in [0, 0.1) is 32.1 Å². The minimum absolute atomic E-state index is 0.0224. The minimum atomic E-state index is -0.0224. The first-order valence-corrected chi connectivity index (χ1v) is 12.7. The average Bonchev–Trinajstić information content (AvgIpc) is 3.14. The van der Waals surface area contributed by atoms with Crippen LogP contribution in [0.3, 0.4) is 0 Å². The van der Waals surface area contributed by atoms with Crippen molar-refractivity contribution >= 4 is 11.7 Å². The molecule has 3 aromatic carbocycles. The molecule has 2 amide bonds. The Hall–Kier alpha value is -3.58. The lowest BCUT2D eigenvalue weighted by atomic mass is 9.99. The monoisotopic (exact) mass is 465 g/mol. The molecule has 4 nitrogen and oxygen atoms in total. The van der Waals surface area contributed by atoms with Gasteiger partial charge in [-0.15, -0.1) is 0 Å². The van der Waals surface area contributed by atoms with E-state index < -0.39 is 0 Å². The molecule has 180 valence electrons. The zero-order valence-electron chi connectivity index (χ0n) is 21.1. The van der Waals surface area contributed by atoms with E-state index in [-0.39, 0.29) is 12.1 Å². The van der Waals surface area contributed by atoms with Crippen LogP contribution < -0.4 is 5.32 Å². The van der Waals surface area contributed by atoms with Crippen LogP contribution in [0.2, 0.25) is 0 Å². The Bertz CT molecular complexity index is 1190. The normalized spacial score (nSPS) is 14.1. The molecule has 1 aliphatic carbocycles. The number of aryl methyl sites for hydroxylation is 3. The number of nitrogens with zero attached hydrogens (tertiary/aromatic N) is 2. The third-order valence-electron chi connectivity index (χ3n) is 7.10. The first-order valence-electron chi connectivity index (χ1n) is 12.7. The Morgan fingerprint density at radius 2 is 1.57 bits per heavy atom. The minimum Gasteiger partial charge on any atom is -0.317 e. The zero-order chi connectivity index (χ0) is 24.8. The fourth-order valence-electron chi connectivity index (χ4n) is 5.31. The summed E-state index contributed by atoms with van der Waals surface area (Å²) in [5.74, 6) is 0. The molecule has 0 heterocycles. The number of carbonyl (C=O) groups is 1. The van der Waals surface area contributed by atoms with Crippen LogP contribution in [0.4, 0.5) is 10.5 Å². The highest BCUT2D eigenvalue weighted by Crippen LogP contribution is 2.28. The molecule has 4 rings (SSSR count). The number of nitriles is 1. The maximum atomic E-state index is 13.7. The van der Waals surface area contributed by atoms with E-state index in [1.807, 2.05) is 29.2 Å². The summed E-state index contributed by atoms with van der Waals surface area (Å²) >= 11 is 0. The van der Waals surface area contributed by atoms with Crippen molar-refractivity contribution < 1.29 is 4.79 Å². The largest absolute Gasteiger partial charge is 0.322 e. The van der Waals surface area contributed by atoms with Gasteiger partial charge in [-0.2, -0.15) is 5.26 Å². The molecule has 1 saturated carbocycles. The van der Waals surface area contributed by atoms with Gasteiger partial charge in [0.05, 0.1) is 11.6 Å². The van der Waals surface area contributed by atoms with Crippen molar-refractivity contribution in [3.63, 3.8) is 0 Å². The fraction of sp³-hybridized carbons (Fsp3) is 0.355. The number of rotatable bonds is 5. The lowest BCUT2D eigenvalue weighted by Gasteiger charge is -2.32. The predicted octanol–water partition coefficient (Wildman–Crippen LogP) is 7.91. The number of hydrogen-bond donors (Lipinski definition) is 1. The number of nitrogens with one attached hydrogen (secondary N) is 1.